The second-order valence-electron chi connectivity index (χ2n) is 6.40. The van der Waals surface area contributed by atoms with Crippen molar-refractivity contribution in [3.05, 3.63) is 35.9 Å². The molecule has 0 aromatic heterocycles. The lowest BCUT2D eigenvalue weighted by Crippen LogP contribution is -2.38. The number of hydrogen-bond donors (Lipinski definition) is 0. The van der Waals surface area contributed by atoms with E-state index in [-0.39, 0.29) is 29.4 Å². The third-order valence-electron chi connectivity index (χ3n) is 4.28. The Morgan fingerprint density at radius 2 is 1.77 bits per heavy atom. The first-order valence-electron chi connectivity index (χ1n) is 7.91. The highest BCUT2D eigenvalue weighted by Crippen LogP contribution is 2.23. The molecule has 1 aliphatic rings. The van der Waals surface area contributed by atoms with Gasteiger partial charge in [0.15, 0.2) is 0 Å². The molecule has 1 heterocycles. The number of sulfone groups is 1. The maximum atomic E-state index is 12.6. The van der Waals surface area contributed by atoms with Crippen LogP contribution in [0.3, 0.4) is 0 Å². The Morgan fingerprint density at radius 3 is 2.32 bits per heavy atom. The highest BCUT2D eigenvalue weighted by molar-refractivity contribution is 7.91. The average molecular weight is 323 g/mol. The Morgan fingerprint density at radius 1 is 1.18 bits per heavy atom. The van der Waals surface area contributed by atoms with Gasteiger partial charge < -0.3 is 4.90 Å². The van der Waals surface area contributed by atoms with E-state index in [1.165, 1.54) is 0 Å². The van der Waals surface area contributed by atoms with Crippen molar-refractivity contribution in [2.45, 2.75) is 45.7 Å². The quantitative estimate of drug-likeness (QED) is 0.837. The van der Waals surface area contributed by atoms with Crippen LogP contribution in [0.25, 0.3) is 0 Å². The summed E-state index contributed by atoms with van der Waals surface area (Å²) in [6.45, 7) is 4.65. The first-order valence-corrected chi connectivity index (χ1v) is 9.73. The number of carbonyl (C=O) groups is 1. The summed E-state index contributed by atoms with van der Waals surface area (Å²) in [5.41, 5.74) is 1.12. The largest absolute Gasteiger partial charge is 0.336 e. The Hall–Kier alpha value is -1.36. The second kappa shape index (κ2) is 7.27. The van der Waals surface area contributed by atoms with Crippen LogP contribution in [0.15, 0.2) is 30.3 Å². The standard InChI is InChI=1S/C17H25NO3S/c1-14(2)18(13-16-6-4-3-5-7-16)17(19)12-15-8-10-22(20,21)11-9-15/h3-7,14-15H,8-13H2,1-2H3. The fourth-order valence-electron chi connectivity index (χ4n) is 2.85. The molecule has 2 rings (SSSR count). The zero-order valence-electron chi connectivity index (χ0n) is 13.4. The molecular formula is C17H25NO3S. The molecule has 0 spiro atoms. The van der Waals surface area contributed by atoms with E-state index in [9.17, 15) is 13.2 Å². The molecule has 0 aliphatic carbocycles. The van der Waals surface area contributed by atoms with Crippen LogP contribution in [-0.4, -0.2) is 36.8 Å². The van der Waals surface area contributed by atoms with E-state index >= 15 is 0 Å². The Kier molecular flexibility index (Phi) is 5.62. The highest BCUT2D eigenvalue weighted by Gasteiger charge is 2.27. The highest BCUT2D eigenvalue weighted by atomic mass is 32.2. The van der Waals surface area contributed by atoms with Crippen LogP contribution in [0.2, 0.25) is 0 Å². The van der Waals surface area contributed by atoms with Gasteiger partial charge in [-0.25, -0.2) is 8.42 Å². The van der Waals surface area contributed by atoms with Crippen LogP contribution in [-0.2, 0) is 21.2 Å². The third kappa shape index (κ3) is 4.83. The minimum Gasteiger partial charge on any atom is -0.336 e. The maximum Gasteiger partial charge on any atom is 0.223 e. The molecule has 1 fully saturated rings. The van der Waals surface area contributed by atoms with Crippen LogP contribution in [0.4, 0.5) is 0 Å². The van der Waals surface area contributed by atoms with E-state index in [2.05, 4.69) is 0 Å². The summed E-state index contributed by atoms with van der Waals surface area (Å²) in [5.74, 6) is 0.785. The fourth-order valence-corrected chi connectivity index (χ4v) is 4.44. The summed E-state index contributed by atoms with van der Waals surface area (Å²) in [6.07, 6.45) is 1.69. The summed E-state index contributed by atoms with van der Waals surface area (Å²) in [7, 11) is -2.86. The third-order valence-corrected chi connectivity index (χ3v) is 5.99. The van der Waals surface area contributed by atoms with Gasteiger partial charge in [-0.3, -0.25) is 4.79 Å². The Bertz CT molecular complexity index is 582. The molecule has 0 unspecified atom stereocenters. The van der Waals surface area contributed by atoms with Crippen molar-refractivity contribution in [2.24, 2.45) is 5.92 Å². The molecule has 0 saturated carbocycles. The van der Waals surface area contributed by atoms with Crippen molar-refractivity contribution in [1.82, 2.24) is 4.90 Å². The minimum atomic E-state index is -2.86. The van der Waals surface area contributed by atoms with Gasteiger partial charge in [0.1, 0.15) is 9.84 Å². The van der Waals surface area contributed by atoms with Gasteiger partial charge in [0.2, 0.25) is 5.91 Å². The van der Waals surface area contributed by atoms with E-state index < -0.39 is 9.84 Å². The Balaban J connectivity index is 1.95. The van der Waals surface area contributed by atoms with Crippen molar-refractivity contribution >= 4 is 15.7 Å². The Labute approximate surface area is 133 Å². The molecule has 1 saturated heterocycles. The molecule has 0 radical (unpaired) electrons. The molecule has 22 heavy (non-hydrogen) atoms. The normalized spacial score (nSPS) is 18.3. The zero-order chi connectivity index (χ0) is 16.2. The number of benzene rings is 1. The number of carbonyl (C=O) groups excluding carboxylic acids is 1. The van der Waals surface area contributed by atoms with Crippen molar-refractivity contribution < 1.29 is 13.2 Å². The molecule has 0 bridgehead atoms. The van der Waals surface area contributed by atoms with Gasteiger partial charge in [-0.15, -0.1) is 0 Å². The van der Waals surface area contributed by atoms with Crippen LogP contribution in [0, 0.1) is 5.92 Å². The summed E-state index contributed by atoms with van der Waals surface area (Å²) in [6, 6.07) is 10.1. The molecule has 1 aromatic carbocycles. The van der Waals surface area contributed by atoms with Gasteiger partial charge in [0, 0.05) is 19.0 Å². The summed E-state index contributed by atoms with van der Waals surface area (Å²) >= 11 is 0. The average Bonchev–Trinajstić information content (AvgIpc) is 2.47. The van der Waals surface area contributed by atoms with Crippen LogP contribution < -0.4 is 0 Å². The number of nitrogens with zero attached hydrogens (tertiary/aromatic N) is 1. The van der Waals surface area contributed by atoms with Gasteiger partial charge in [-0.05, 0) is 38.2 Å². The lowest BCUT2D eigenvalue weighted by atomic mass is 9.97. The van der Waals surface area contributed by atoms with E-state index in [1.54, 1.807) is 0 Å². The van der Waals surface area contributed by atoms with E-state index in [1.807, 2.05) is 49.1 Å². The van der Waals surface area contributed by atoms with Crippen molar-refractivity contribution in [2.75, 3.05) is 11.5 Å². The number of hydrogen-bond acceptors (Lipinski definition) is 3. The van der Waals surface area contributed by atoms with Gasteiger partial charge in [0.05, 0.1) is 11.5 Å². The van der Waals surface area contributed by atoms with Gasteiger partial charge in [-0.1, -0.05) is 30.3 Å². The zero-order valence-corrected chi connectivity index (χ0v) is 14.2. The lowest BCUT2D eigenvalue weighted by molar-refractivity contribution is -0.134. The van der Waals surface area contributed by atoms with Crippen molar-refractivity contribution in [3.63, 3.8) is 0 Å². The van der Waals surface area contributed by atoms with Crippen LogP contribution in [0.5, 0.6) is 0 Å². The number of amides is 1. The first-order chi connectivity index (χ1) is 10.4. The monoisotopic (exact) mass is 323 g/mol. The predicted molar refractivity (Wildman–Crippen MR) is 88.1 cm³/mol. The first kappa shape index (κ1) is 17.0. The molecular weight excluding hydrogens is 298 g/mol. The maximum absolute atomic E-state index is 12.6. The fraction of sp³-hybridized carbons (Fsp3) is 0.588. The topological polar surface area (TPSA) is 54.5 Å². The van der Waals surface area contributed by atoms with Crippen LogP contribution >= 0.6 is 0 Å². The second-order valence-corrected chi connectivity index (χ2v) is 8.70. The molecule has 0 N–H and O–H groups in total. The minimum absolute atomic E-state index is 0.128. The van der Waals surface area contributed by atoms with Gasteiger partial charge >= 0.3 is 0 Å². The SMILES string of the molecule is CC(C)N(Cc1ccccc1)C(=O)CC1CCS(=O)(=O)CC1. The summed E-state index contributed by atoms with van der Waals surface area (Å²) < 4.78 is 22.9. The van der Waals surface area contributed by atoms with E-state index in [4.69, 9.17) is 0 Å². The molecule has 122 valence electrons. The van der Waals surface area contributed by atoms with Crippen LogP contribution in [0.1, 0.15) is 38.7 Å². The van der Waals surface area contributed by atoms with E-state index in [0.717, 1.165) is 5.56 Å². The summed E-state index contributed by atoms with van der Waals surface area (Å²) in [5, 5.41) is 0. The van der Waals surface area contributed by atoms with Crippen molar-refractivity contribution in [1.29, 1.82) is 0 Å². The molecule has 1 aromatic rings. The lowest BCUT2D eigenvalue weighted by Gasteiger charge is -2.30. The molecule has 0 atom stereocenters. The molecule has 5 heteroatoms. The summed E-state index contributed by atoms with van der Waals surface area (Å²) in [4.78, 5) is 14.5. The van der Waals surface area contributed by atoms with Crippen molar-refractivity contribution in [3.8, 4) is 0 Å². The molecule has 1 amide bonds. The van der Waals surface area contributed by atoms with Gasteiger partial charge in [0.25, 0.3) is 0 Å². The predicted octanol–water partition coefficient (Wildman–Crippen LogP) is 2.64. The molecule has 1 aliphatic heterocycles. The number of rotatable bonds is 5. The smallest absolute Gasteiger partial charge is 0.223 e. The van der Waals surface area contributed by atoms with E-state index in [0.29, 0.717) is 25.8 Å². The molecule has 4 nitrogen and oxygen atoms in total. The van der Waals surface area contributed by atoms with Gasteiger partial charge in [-0.2, -0.15) is 0 Å².